The lowest BCUT2D eigenvalue weighted by Gasteiger charge is -2.32. The number of amides is 1. The zero-order chi connectivity index (χ0) is 22.4. The maximum atomic E-state index is 13.5. The van der Waals surface area contributed by atoms with E-state index in [1.54, 1.807) is 0 Å². The number of hydrogen-bond donors (Lipinski definition) is 0. The molecule has 1 amide bonds. The lowest BCUT2D eigenvalue weighted by Crippen LogP contribution is -2.36. The van der Waals surface area contributed by atoms with Crippen LogP contribution in [0.1, 0.15) is 22.3 Å². The van der Waals surface area contributed by atoms with Gasteiger partial charge in [-0.25, -0.2) is 0 Å². The molecule has 3 aliphatic rings. The normalized spacial score (nSPS) is 16.8. The predicted octanol–water partition coefficient (Wildman–Crippen LogP) is 5.03. The minimum Gasteiger partial charge on any atom is -0.454 e. The summed E-state index contributed by atoms with van der Waals surface area (Å²) in [6.07, 6.45) is 3.10. The van der Waals surface area contributed by atoms with E-state index in [1.165, 1.54) is 0 Å². The van der Waals surface area contributed by atoms with E-state index in [0.717, 1.165) is 44.6 Å². The van der Waals surface area contributed by atoms with E-state index in [2.05, 4.69) is 15.9 Å². The van der Waals surface area contributed by atoms with Crippen molar-refractivity contribution >= 4 is 33.6 Å². The molecule has 0 spiro atoms. The van der Waals surface area contributed by atoms with Gasteiger partial charge in [-0.15, -0.1) is 0 Å². The van der Waals surface area contributed by atoms with Crippen LogP contribution in [0.5, 0.6) is 23.0 Å². The fourth-order valence-electron chi connectivity index (χ4n) is 4.40. The molecule has 166 valence electrons. The summed E-state index contributed by atoms with van der Waals surface area (Å²) in [7, 11) is 0. The number of rotatable bonds is 3. The molecule has 3 aromatic rings. The molecule has 0 saturated carbocycles. The van der Waals surface area contributed by atoms with Crippen LogP contribution in [-0.2, 0) is 17.6 Å². The van der Waals surface area contributed by atoms with Crippen LogP contribution in [0.15, 0.2) is 59.1 Å². The largest absolute Gasteiger partial charge is 0.454 e. The molecule has 0 bridgehead atoms. The van der Waals surface area contributed by atoms with Gasteiger partial charge >= 0.3 is 0 Å². The van der Waals surface area contributed by atoms with Gasteiger partial charge in [-0.3, -0.25) is 4.79 Å². The van der Waals surface area contributed by atoms with Crippen LogP contribution in [0.3, 0.4) is 0 Å². The third-order valence-corrected chi connectivity index (χ3v) is 6.74. The molecule has 6 rings (SSSR count). The topological polar surface area (TPSA) is 57.2 Å². The molecule has 0 N–H and O–H groups in total. The van der Waals surface area contributed by atoms with E-state index < -0.39 is 0 Å². The second kappa shape index (κ2) is 8.15. The van der Waals surface area contributed by atoms with Crippen LogP contribution in [0.2, 0.25) is 0 Å². The summed E-state index contributed by atoms with van der Waals surface area (Å²) >= 11 is 3.65. The zero-order valence-corrected chi connectivity index (χ0v) is 19.3. The van der Waals surface area contributed by atoms with E-state index >= 15 is 0 Å². The Kier molecular flexibility index (Phi) is 4.99. The van der Waals surface area contributed by atoms with Crippen LogP contribution < -0.4 is 18.9 Å². The van der Waals surface area contributed by atoms with Crippen molar-refractivity contribution in [1.29, 1.82) is 0 Å². The van der Waals surface area contributed by atoms with Crippen molar-refractivity contribution in [1.82, 2.24) is 4.90 Å². The number of ether oxygens (including phenoxy) is 4. The van der Waals surface area contributed by atoms with Crippen molar-refractivity contribution in [2.24, 2.45) is 0 Å². The third kappa shape index (κ3) is 3.72. The molecule has 3 aliphatic heterocycles. The van der Waals surface area contributed by atoms with Crippen LogP contribution in [-0.4, -0.2) is 30.9 Å². The summed E-state index contributed by atoms with van der Waals surface area (Å²) in [4.78, 5) is 15.3. The molecule has 3 aromatic carbocycles. The molecule has 0 aromatic heterocycles. The predicted molar refractivity (Wildman–Crippen MR) is 126 cm³/mol. The zero-order valence-electron chi connectivity index (χ0n) is 17.7. The van der Waals surface area contributed by atoms with Crippen molar-refractivity contribution in [3.63, 3.8) is 0 Å². The summed E-state index contributed by atoms with van der Waals surface area (Å²) in [5, 5.41) is 0. The average Bonchev–Trinajstić information content (AvgIpc) is 3.47. The fourth-order valence-corrected chi connectivity index (χ4v) is 4.84. The standard InChI is InChI=1S/C26H20BrNO5/c27-20-13-25-23(31-15-33-25)11-18(20)9-21-19-12-24-22(30-14-32-24)10-17(19)6-7-28(21)26(29)8-16-4-2-1-3-5-16/h1-5,9-13H,6-8,14-15H2/b21-9-. The Hall–Kier alpha value is -3.45. The first kappa shape index (κ1) is 20.2. The van der Waals surface area contributed by atoms with Gasteiger partial charge in [0.05, 0.1) is 12.1 Å². The molecule has 0 saturated heterocycles. The Morgan fingerprint density at radius 2 is 1.58 bits per heavy atom. The number of benzene rings is 3. The van der Waals surface area contributed by atoms with Crippen molar-refractivity contribution in [3.8, 4) is 23.0 Å². The highest BCUT2D eigenvalue weighted by atomic mass is 79.9. The molecule has 0 radical (unpaired) electrons. The highest BCUT2D eigenvalue weighted by Gasteiger charge is 2.29. The summed E-state index contributed by atoms with van der Waals surface area (Å²) in [6, 6.07) is 17.7. The Bertz CT molecular complexity index is 1290. The highest BCUT2D eigenvalue weighted by Crippen LogP contribution is 2.43. The first-order chi connectivity index (χ1) is 16.2. The number of hydrogen-bond acceptors (Lipinski definition) is 5. The Labute approximate surface area is 199 Å². The van der Waals surface area contributed by atoms with Gasteiger partial charge in [0.15, 0.2) is 23.0 Å². The molecular formula is C26H20BrNO5. The second-order valence-corrected chi connectivity index (χ2v) is 8.93. The van der Waals surface area contributed by atoms with Crippen molar-refractivity contribution < 1.29 is 23.7 Å². The Morgan fingerprint density at radius 1 is 0.909 bits per heavy atom. The number of fused-ring (bicyclic) bond motifs is 3. The van der Waals surface area contributed by atoms with E-state index in [4.69, 9.17) is 18.9 Å². The van der Waals surface area contributed by atoms with Gasteiger partial charge in [0.2, 0.25) is 19.5 Å². The molecule has 33 heavy (non-hydrogen) atoms. The van der Waals surface area contributed by atoms with E-state index in [0.29, 0.717) is 30.2 Å². The quantitative estimate of drug-likeness (QED) is 0.499. The first-order valence-electron chi connectivity index (χ1n) is 10.7. The maximum Gasteiger partial charge on any atom is 0.231 e. The summed E-state index contributed by atoms with van der Waals surface area (Å²) in [6.45, 7) is 1.00. The van der Waals surface area contributed by atoms with Crippen LogP contribution in [0.25, 0.3) is 11.8 Å². The molecule has 7 heteroatoms. The minimum atomic E-state index is 0.0487. The maximum absolute atomic E-state index is 13.5. The Morgan fingerprint density at radius 3 is 2.33 bits per heavy atom. The fraction of sp³-hybridized carbons (Fsp3) is 0.192. The van der Waals surface area contributed by atoms with E-state index in [9.17, 15) is 4.79 Å². The Balaban J connectivity index is 1.45. The molecule has 0 aliphatic carbocycles. The highest BCUT2D eigenvalue weighted by molar-refractivity contribution is 9.10. The van der Waals surface area contributed by atoms with Gasteiger partial charge in [-0.1, -0.05) is 46.3 Å². The third-order valence-electron chi connectivity index (χ3n) is 6.05. The average molecular weight is 506 g/mol. The first-order valence-corrected chi connectivity index (χ1v) is 11.5. The number of carbonyl (C=O) groups excluding carboxylic acids is 1. The molecule has 0 atom stereocenters. The number of carbonyl (C=O) groups is 1. The second-order valence-electron chi connectivity index (χ2n) is 8.08. The van der Waals surface area contributed by atoms with Crippen LogP contribution >= 0.6 is 15.9 Å². The van der Waals surface area contributed by atoms with Crippen LogP contribution in [0, 0.1) is 0 Å². The number of nitrogens with zero attached hydrogens (tertiary/aromatic N) is 1. The molecule has 6 nitrogen and oxygen atoms in total. The van der Waals surface area contributed by atoms with E-state index in [1.807, 2.05) is 65.6 Å². The molecular weight excluding hydrogens is 486 g/mol. The van der Waals surface area contributed by atoms with Crippen molar-refractivity contribution in [2.45, 2.75) is 12.8 Å². The van der Waals surface area contributed by atoms with Gasteiger partial charge in [0.25, 0.3) is 0 Å². The van der Waals surface area contributed by atoms with Gasteiger partial charge in [-0.05, 0) is 53.5 Å². The van der Waals surface area contributed by atoms with Gasteiger partial charge in [0, 0.05) is 16.6 Å². The monoisotopic (exact) mass is 505 g/mol. The molecule has 0 unspecified atom stereocenters. The SMILES string of the molecule is O=C(Cc1ccccc1)N1CCc2cc3c(cc2/C1=C/c1cc2c(cc1Br)OCO2)OCO3. The number of halogens is 1. The van der Waals surface area contributed by atoms with Crippen molar-refractivity contribution in [3.05, 3.63) is 81.3 Å². The van der Waals surface area contributed by atoms with Crippen LogP contribution in [0.4, 0.5) is 0 Å². The minimum absolute atomic E-state index is 0.0487. The lowest BCUT2D eigenvalue weighted by atomic mass is 9.93. The van der Waals surface area contributed by atoms with E-state index in [-0.39, 0.29) is 19.5 Å². The molecule has 3 heterocycles. The molecule has 0 fully saturated rings. The van der Waals surface area contributed by atoms with Gasteiger partial charge in [0.1, 0.15) is 0 Å². The summed E-state index contributed by atoms with van der Waals surface area (Å²) < 4.78 is 23.2. The van der Waals surface area contributed by atoms with Gasteiger partial charge < -0.3 is 23.8 Å². The smallest absolute Gasteiger partial charge is 0.231 e. The lowest BCUT2D eigenvalue weighted by molar-refractivity contribution is -0.127. The summed E-state index contributed by atoms with van der Waals surface area (Å²) in [5.74, 6) is 2.89. The summed E-state index contributed by atoms with van der Waals surface area (Å²) in [5.41, 5.74) is 4.82. The van der Waals surface area contributed by atoms with Gasteiger partial charge in [-0.2, -0.15) is 0 Å². The van der Waals surface area contributed by atoms with Crippen molar-refractivity contribution in [2.75, 3.05) is 20.1 Å².